The first-order chi connectivity index (χ1) is 8.22. The van der Waals surface area contributed by atoms with Crippen molar-refractivity contribution in [2.75, 3.05) is 6.61 Å². The molecule has 1 aromatic rings. The van der Waals surface area contributed by atoms with Crippen LogP contribution in [0.15, 0.2) is 18.2 Å². The van der Waals surface area contributed by atoms with Crippen LogP contribution >= 0.6 is 0 Å². The largest absolute Gasteiger partial charge is 0.462 e. The van der Waals surface area contributed by atoms with Gasteiger partial charge in [-0.2, -0.15) is 0 Å². The van der Waals surface area contributed by atoms with Gasteiger partial charge in [-0.1, -0.05) is 6.07 Å². The van der Waals surface area contributed by atoms with E-state index in [4.69, 9.17) is 9.84 Å². The minimum absolute atomic E-state index is 0.0999. The number of aliphatic hydroxyl groups is 1. The quantitative estimate of drug-likeness (QED) is 0.600. The number of aldehydes is 1. The summed E-state index contributed by atoms with van der Waals surface area (Å²) in [5, 5.41) is 9.15. The highest BCUT2D eigenvalue weighted by molar-refractivity contribution is 5.89. The molecule has 17 heavy (non-hydrogen) atoms. The van der Waals surface area contributed by atoms with E-state index >= 15 is 0 Å². The van der Waals surface area contributed by atoms with Crippen LogP contribution in [0.3, 0.4) is 0 Å². The number of esters is 1. The molecule has 1 rings (SSSR count). The third kappa shape index (κ3) is 3.67. The maximum atomic E-state index is 11.5. The van der Waals surface area contributed by atoms with E-state index < -0.39 is 0 Å². The maximum Gasteiger partial charge on any atom is 0.338 e. The molecule has 0 unspecified atom stereocenters. The van der Waals surface area contributed by atoms with E-state index in [9.17, 15) is 9.59 Å². The highest BCUT2D eigenvalue weighted by atomic mass is 16.5. The van der Waals surface area contributed by atoms with Crippen LogP contribution in [-0.4, -0.2) is 24.0 Å². The lowest BCUT2D eigenvalue weighted by Crippen LogP contribution is -2.06. The van der Waals surface area contributed by atoms with Crippen molar-refractivity contribution in [3.8, 4) is 0 Å². The second kappa shape index (κ2) is 6.81. The van der Waals surface area contributed by atoms with Crippen molar-refractivity contribution in [3.05, 3.63) is 34.9 Å². The molecule has 0 heterocycles. The van der Waals surface area contributed by atoms with Gasteiger partial charge in [-0.25, -0.2) is 4.79 Å². The minimum Gasteiger partial charge on any atom is -0.462 e. The smallest absolute Gasteiger partial charge is 0.338 e. The summed E-state index contributed by atoms with van der Waals surface area (Å²) in [6.45, 7) is 1.97. The normalized spacial score (nSPS) is 10.0. The van der Waals surface area contributed by atoms with Crippen molar-refractivity contribution in [1.29, 1.82) is 0 Å². The third-order valence-corrected chi connectivity index (χ3v) is 2.42. The Kier molecular flexibility index (Phi) is 5.36. The Morgan fingerprint density at radius 1 is 1.41 bits per heavy atom. The van der Waals surface area contributed by atoms with Crippen LogP contribution in [0.5, 0.6) is 0 Å². The maximum absolute atomic E-state index is 11.5. The molecule has 0 aliphatic carbocycles. The topological polar surface area (TPSA) is 63.6 Å². The van der Waals surface area contributed by atoms with Gasteiger partial charge in [0.15, 0.2) is 0 Å². The van der Waals surface area contributed by atoms with E-state index in [1.807, 2.05) is 0 Å². The van der Waals surface area contributed by atoms with Crippen LogP contribution < -0.4 is 0 Å². The number of hydrogen-bond donors (Lipinski definition) is 1. The molecule has 4 nitrogen and oxygen atoms in total. The molecule has 0 saturated carbocycles. The van der Waals surface area contributed by atoms with Crippen molar-refractivity contribution in [2.24, 2.45) is 0 Å². The second-order valence-electron chi connectivity index (χ2n) is 3.57. The van der Waals surface area contributed by atoms with Crippen LogP contribution in [0.2, 0.25) is 0 Å². The summed E-state index contributed by atoms with van der Waals surface area (Å²) in [6, 6.07) is 4.98. The average molecular weight is 236 g/mol. The fourth-order valence-corrected chi connectivity index (χ4v) is 1.57. The van der Waals surface area contributed by atoms with Gasteiger partial charge in [-0.15, -0.1) is 0 Å². The monoisotopic (exact) mass is 236 g/mol. The molecule has 0 bridgehead atoms. The van der Waals surface area contributed by atoms with Gasteiger partial charge in [0.1, 0.15) is 6.29 Å². The number of aryl methyl sites for hydroxylation is 1. The van der Waals surface area contributed by atoms with Crippen molar-refractivity contribution in [3.63, 3.8) is 0 Å². The lowest BCUT2D eigenvalue weighted by Gasteiger charge is -2.08. The third-order valence-electron chi connectivity index (χ3n) is 2.42. The molecule has 1 aromatic carbocycles. The average Bonchev–Trinajstić information content (AvgIpc) is 2.36. The predicted octanol–water partition coefficient (Wildman–Crippen LogP) is 1.49. The van der Waals surface area contributed by atoms with Gasteiger partial charge < -0.3 is 14.6 Å². The summed E-state index contributed by atoms with van der Waals surface area (Å²) in [5.41, 5.74) is 2.00. The van der Waals surface area contributed by atoms with Gasteiger partial charge in [-0.05, 0) is 36.6 Å². The number of carbonyl (C=O) groups is 2. The van der Waals surface area contributed by atoms with Gasteiger partial charge in [0.2, 0.25) is 0 Å². The Balaban J connectivity index is 2.95. The number of hydrogen-bond acceptors (Lipinski definition) is 4. The van der Waals surface area contributed by atoms with Crippen molar-refractivity contribution in [1.82, 2.24) is 0 Å². The number of rotatable bonds is 6. The minimum atomic E-state index is -0.385. The van der Waals surface area contributed by atoms with Crippen LogP contribution in [0.25, 0.3) is 0 Å². The summed E-state index contributed by atoms with van der Waals surface area (Å²) in [7, 11) is 0. The molecule has 0 spiro atoms. The van der Waals surface area contributed by atoms with E-state index in [0.717, 1.165) is 17.4 Å². The molecular weight excluding hydrogens is 220 g/mol. The van der Waals surface area contributed by atoms with Crippen LogP contribution in [0, 0.1) is 0 Å². The molecule has 0 fully saturated rings. The lowest BCUT2D eigenvalue weighted by atomic mass is 10.0. The fraction of sp³-hybridized carbons (Fsp3) is 0.385. The molecule has 92 valence electrons. The molecule has 0 amide bonds. The van der Waals surface area contributed by atoms with Crippen LogP contribution in [0.4, 0.5) is 0 Å². The Hall–Kier alpha value is -1.68. The van der Waals surface area contributed by atoms with Gasteiger partial charge in [0, 0.05) is 6.42 Å². The van der Waals surface area contributed by atoms with Crippen molar-refractivity contribution in [2.45, 2.75) is 26.4 Å². The molecule has 1 N–H and O–H groups in total. The van der Waals surface area contributed by atoms with E-state index in [0.29, 0.717) is 25.0 Å². The standard InChI is InChI=1S/C13H16O4/c1-2-17-13(16)11-5-6-12(9-15)10(8-11)4-3-7-14/h5-8,15H,2-4,9H2,1H3. The summed E-state index contributed by atoms with van der Waals surface area (Å²) in [5.74, 6) is -0.385. The summed E-state index contributed by atoms with van der Waals surface area (Å²) in [6.07, 6.45) is 1.71. The molecule has 0 aromatic heterocycles. The molecule has 0 radical (unpaired) electrons. The Bertz CT molecular complexity index is 398. The van der Waals surface area contributed by atoms with E-state index in [1.165, 1.54) is 0 Å². The summed E-state index contributed by atoms with van der Waals surface area (Å²) in [4.78, 5) is 21.9. The van der Waals surface area contributed by atoms with Gasteiger partial charge in [0.05, 0.1) is 18.8 Å². The second-order valence-corrected chi connectivity index (χ2v) is 3.57. The summed E-state index contributed by atoms with van der Waals surface area (Å²) >= 11 is 0. The SMILES string of the molecule is CCOC(=O)c1ccc(CO)c(CCC=O)c1. The first kappa shape index (κ1) is 13.4. The first-order valence-electron chi connectivity index (χ1n) is 5.56. The molecule has 0 atom stereocenters. The van der Waals surface area contributed by atoms with Gasteiger partial charge in [-0.3, -0.25) is 0 Å². The van der Waals surface area contributed by atoms with Crippen LogP contribution in [-0.2, 0) is 22.6 Å². The molecule has 0 saturated heterocycles. The number of benzene rings is 1. The van der Waals surface area contributed by atoms with Crippen molar-refractivity contribution < 1.29 is 19.4 Å². The first-order valence-corrected chi connectivity index (χ1v) is 5.56. The van der Waals surface area contributed by atoms with Gasteiger partial charge >= 0.3 is 5.97 Å². The zero-order valence-corrected chi connectivity index (χ0v) is 9.81. The summed E-state index contributed by atoms with van der Waals surface area (Å²) < 4.78 is 4.89. The highest BCUT2D eigenvalue weighted by Gasteiger charge is 2.09. The van der Waals surface area contributed by atoms with Gasteiger partial charge in [0.25, 0.3) is 0 Å². The zero-order chi connectivity index (χ0) is 12.7. The number of ether oxygens (including phenoxy) is 1. The number of carbonyl (C=O) groups excluding carboxylic acids is 2. The Morgan fingerprint density at radius 2 is 2.18 bits per heavy atom. The highest BCUT2D eigenvalue weighted by Crippen LogP contribution is 2.15. The number of aliphatic hydroxyl groups excluding tert-OH is 1. The predicted molar refractivity (Wildman–Crippen MR) is 62.7 cm³/mol. The van der Waals surface area contributed by atoms with Crippen molar-refractivity contribution >= 4 is 12.3 Å². The van der Waals surface area contributed by atoms with E-state index in [2.05, 4.69) is 0 Å². The fourth-order valence-electron chi connectivity index (χ4n) is 1.57. The lowest BCUT2D eigenvalue weighted by molar-refractivity contribution is -0.107. The molecular formula is C13H16O4. The zero-order valence-electron chi connectivity index (χ0n) is 9.81. The van der Waals surface area contributed by atoms with E-state index in [1.54, 1.807) is 25.1 Å². The Morgan fingerprint density at radius 3 is 2.76 bits per heavy atom. The van der Waals surface area contributed by atoms with E-state index in [-0.39, 0.29) is 12.6 Å². The van der Waals surface area contributed by atoms with Crippen LogP contribution in [0.1, 0.15) is 34.8 Å². The molecule has 4 heteroatoms. The Labute approximate surface area is 100 Å². The molecule has 0 aliphatic heterocycles. The molecule has 0 aliphatic rings.